The molecule has 2 aromatic rings. The molecule has 1 aromatic carbocycles. The van der Waals surface area contributed by atoms with Crippen molar-refractivity contribution in [2.45, 2.75) is 12.8 Å². The Balaban J connectivity index is 2.22. The van der Waals surface area contributed by atoms with Crippen LogP contribution in [0.3, 0.4) is 0 Å². The van der Waals surface area contributed by atoms with Gasteiger partial charge in [0.15, 0.2) is 0 Å². The molecule has 3 rings (SSSR count). The summed E-state index contributed by atoms with van der Waals surface area (Å²) in [7, 11) is 3.18. The maximum absolute atomic E-state index is 9.44. The fourth-order valence-electron chi connectivity index (χ4n) is 3.07. The Morgan fingerprint density at radius 3 is 2.36 bits per heavy atom. The third-order valence-electron chi connectivity index (χ3n) is 4.27. The van der Waals surface area contributed by atoms with E-state index in [0.717, 1.165) is 31.6 Å². The summed E-state index contributed by atoms with van der Waals surface area (Å²) in [6.45, 7) is 1.94. The number of ether oxygens (including phenoxy) is 2. The molecule has 0 radical (unpaired) electrons. The largest absolute Gasteiger partial charge is 0.496 e. The van der Waals surface area contributed by atoms with Gasteiger partial charge in [-0.2, -0.15) is 10.2 Å². The highest BCUT2D eigenvalue weighted by molar-refractivity contribution is 5.81. The van der Waals surface area contributed by atoms with Crippen molar-refractivity contribution in [3.8, 4) is 28.8 Å². The summed E-state index contributed by atoms with van der Waals surface area (Å²) in [5.41, 5.74) is 13.6. The first kappa shape index (κ1) is 16.6. The zero-order valence-electron chi connectivity index (χ0n) is 14.2. The van der Waals surface area contributed by atoms with Gasteiger partial charge in [-0.15, -0.1) is 0 Å². The molecule has 8 nitrogen and oxygen atoms in total. The van der Waals surface area contributed by atoms with Crippen molar-refractivity contribution in [3.05, 3.63) is 17.7 Å². The number of hydrogen-bond acceptors (Lipinski definition) is 8. The number of nitrogens with two attached hydrogens (primary N) is 2. The lowest BCUT2D eigenvalue weighted by Crippen LogP contribution is -2.18. The van der Waals surface area contributed by atoms with E-state index in [1.165, 1.54) is 0 Å². The van der Waals surface area contributed by atoms with Crippen LogP contribution in [0.5, 0.6) is 11.5 Å². The zero-order valence-corrected chi connectivity index (χ0v) is 14.2. The van der Waals surface area contributed by atoms with Crippen LogP contribution in [-0.4, -0.2) is 37.3 Å². The van der Waals surface area contributed by atoms with Crippen LogP contribution in [0.2, 0.25) is 0 Å². The lowest BCUT2D eigenvalue weighted by Gasteiger charge is -2.23. The number of nitrogens with zero attached hydrogens (tertiary/aromatic N) is 4. The number of benzene rings is 1. The van der Waals surface area contributed by atoms with E-state index in [1.54, 1.807) is 20.3 Å². The summed E-state index contributed by atoms with van der Waals surface area (Å²) in [4.78, 5) is 10.3. The summed E-state index contributed by atoms with van der Waals surface area (Å²) in [6.07, 6.45) is 2.29. The fraction of sp³-hybridized carbons (Fsp3) is 0.353. The highest BCUT2D eigenvalue weighted by Crippen LogP contribution is 2.42. The van der Waals surface area contributed by atoms with Gasteiger partial charge in [-0.3, -0.25) is 0 Å². The lowest BCUT2D eigenvalue weighted by atomic mass is 10.0. The Labute approximate surface area is 146 Å². The number of anilines is 3. The van der Waals surface area contributed by atoms with Gasteiger partial charge in [-0.25, -0.2) is 4.98 Å². The molecule has 8 heteroatoms. The summed E-state index contributed by atoms with van der Waals surface area (Å²) in [6, 6.07) is 5.73. The van der Waals surface area contributed by atoms with Crippen LogP contribution in [0.25, 0.3) is 11.3 Å². The molecule has 130 valence electrons. The third-order valence-corrected chi connectivity index (χ3v) is 4.27. The van der Waals surface area contributed by atoms with Crippen molar-refractivity contribution in [1.29, 1.82) is 5.26 Å². The molecule has 4 N–H and O–H groups in total. The Kier molecular flexibility index (Phi) is 4.48. The van der Waals surface area contributed by atoms with Crippen molar-refractivity contribution in [2.24, 2.45) is 0 Å². The van der Waals surface area contributed by atoms with Gasteiger partial charge in [0.05, 0.1) is 25.6 Å². The predicted molar refractivity (Wildman–Crippen MR) is 95.6 cm³/mol. The molecule has 0 amide bonds. The molecule has 1 aliphatic rings. The average molecular weight is 340 g/mol. The average Bonchev–Trinajstić information content (AvgIpc) is 3.14. The highest BCUT2D eigenvalue weighted by atomic mass is 16.5. The van der Waals surface area contributed by atoms with Crippen LogP contribution in [0.1, 0.15) is 18.4 Å². The summed E-state index contributed by atoms with van der Waals surface area (Å²) in [5.74, 6) is 1.28. The van der Waals surface area contributed by atoms with Gasteiger partial charge in [0.1, 0.15) is 28.9 Å². The smallest absolute Gasteiger partial charge is 0.222 e. The van der Waals surface area contributed by atoms with Gasteiger partial charge in [-0.1, -0.05) is 0 Å². The normalized spacial score (nSPS) is 13.6. The minimum Gasteiger partial charge on any atom is -0.496 e. The standard InChI is InChI=1S/C17H20N6O2/c1-24-13-8-12(23-5-3-4-6-23)14(25-2)7-10(13)15-11(9-18)16(19)22-17(20)21-15/h7-8H,3-6H2,1-2H3,(H4,19,20,21,22). The van der Waals surface area contributed by atoms with E-state index in [0.29, 0.717) is 22.8 Å². The van der Waals surface area contributed by atoms with Crippen LogP contribution in [0, 0.1) is 11.3 Å². The SMILES string of the molecule is COc1cc(N2CCCC2)c(OC)cc1-c1nc(N)nc(N)c1C#N. The molecule has 0 unspecified atom stereocenters. The fourth-order valence-corrected chi connectivity index (χ4v) is 3.07. The van der Waals surface area contributed by atoms with Gasteiger partial charge in [-0.05, 0) is 18.9 Å². The first-order valence-electron chi connectivity index (χ1n) is 7.93. The van der Waals surface area contributed by atoms with Gasteiger partial charge in [0, 0.05) is 24.7 Å². The summed E-state index contributed by atoms with van der Waals surface area (Å²) < 4.78 is 11.1. The number of aromatic nitrogens is 2. The quantitative estimate of drug-likeness (QED) is 0.863. The van der Waals surface area contributed by atoms with Crippen molar-refractivity contribution in [1.82, 2.24) is 9.97 Å². The van der Waals surface area contributed by atoms with Crippen LogP contribution in [0.15, 0.2) is 12.1 Å². The number of nitrogen functional groups attached to an aromatic ring is 2. The summed E-state index contributed by atoms with van der Waals surface area (Å²) in [5, 5.41) is 9.44. The highest BCUT2D eigenvalue weighted by Gasteiger charge is 2.23. The molecule has 0 bridgehead atoms. The van der Waals surface area contributed by atoms with Crippen LogP contribution < -0.4 is 25.8 Å². The number of methoxy groups -OCH3 is 2. The maximum atomic E-state index is 9.44. The van der Waals surface area contributed by atoms with E-state index < -0.39 is 0 Å². The van der Waals surface area contributed by atoms with Crippen LogP contribution in [-0.2, 0) is 0 Å². The van der Waals surface area contributed by atoms with E-state index in [4.69, 9.17) is 20.9 Å². The molecule has 0 saturated carbocycles. The zero-order chi connectivity index (χ0) is 18.0. The second-order valence-corrected chi connectivity index (χ2v) is 5.72. The molecular weight excluding hydrogens is 320 g/mol. The van der Waals surface area contributed by atoms with Crippen molar-refractivity contribution < 1.29 is 9.47 Å². The molecule has 25 heavy (non-hydrogen) atoms. The first-order chi connectivity index (χ1) is 12.1. The predicted octanol–water partition coefficient (Wildman–Crippen LogP) is 1.80. The van der Waals surface area contributed by atoms with Gasteiger partial charge >= 0.3 is 0 Å². The maximum Gasteiger partial charge on any atom is 0.222 e. The molecule has 1 aliphatic heterocycles. The number of hydrogen-bond donors (Lipinski definition) is 2. The second kappa shape index (κ2) is 6.73. The topological polar surface area (TPSA) is 123 Å². The monoisotopic (exact) mass is 340 g/mol. The molecule has 0 aliphatic carbocycles. The Bertz CT molecular complexity index is 840. The minimum atomic E-state index is -0.00357. The van der Waals surface area contributed by atoms with E-state index >= 15 is 0 Å². The minimum absolute atomic E-state index is 0.00357. The van der Waals surface area contributed by atoms with Crippen LogP contribution in [0.4, 0.5) is 17.5 Å². The lowest BCUT2D eigenvalue weighted by molar-refractivity contribution is 0.404. The van der Waals surface area contributed by atoms with Gasteiger partial charge in [0.25, 0.3) is 0 Å². The van der Waals surface area contributed by atoms with Crippen LogP contribution >= 0.6 is 0 Å². The number of nitriles is 1. The number of rotatable bonds is 4. The van der Waals surface area contributed by atoms with E-state index in [-0.39, 0.29) is 17.3 Å². The molecule has 0 spiro atoms. The van der Waals surface area contributed by atoms with Gasteiger partial charge < -0.3 is 25.8 Å². The van der Waals surface area contributed by atoms with Crippen molar-refractivity contribution >= 4 is 17.5 Å². The molecule has 0 atom stereocenters. The molecule has 1 fully saturated rings. The second-order valence-electron chi connectivity index (χ2n) is 5.72. The van der Waals surface area contributed by atoms with E-state index in [9.17, 15) is 5.26 Å². The Hall–Kier alpha value is -3.21. The van der Waals surface area contributed by atoms with Crippen molar-refractivity contribution in [3.63, 3.8) is 0 Å². The van der Waals surface area contributed by atoms with Crippen molar-refractivity contribution in [2.75, 3.05) is 43.7 Å². The molecule has 1 aromatic heterocycles. The first-order valence-corrected chi connectivity index (χ1v) is 7.93. The molecule has 2 heterocycles. The summed E-state index contributed by atoms with van der Waals surface area (Å²) >= 11 is 0. The molecule has 1 saturated heterocycles. The molecular formula is C17H20N6O2. The van der Waals surface area contributed by atoms with E-state index in [1.807, 2.05) is 12.1 Å². The Morgan fingerprint density at radius 2 is 1.76 bits per heavy atom. The Morgan fingerprint density at radius 1 is 1.08 bits per heavy atom. The van der Waals surface area contributed by atoms with E-state index in [2.05, 4.69) is 14.9 Å². The van der Waals surface area contributed by atoms with Gasteiger partial charge in [0.2, 0.25) is 5.95 Å². The third kappa shape index (κ3) is 2.96.